The zero-order chi connectivity index (χ0) is 27.2. The Kier molecular flexibility index (Phi) is 7.59. The lowest BCUT2D eigenvalue weighted by atomic mass is 9.44. The van der Waals surface area contributed by atoms with Gasteiger partial charge in [-0.15, -0.1) is 0 Å². The number of fused-ring (bicyclic) bond motifs is 5. The minimum absolute atomic E-state index is 0.0150. The predicted molar refractivity (Wildman–Crippen MR) is 137 cm³/mol. The molecule has 0 radical (unpaired) electrons. The molecule has 0 aliphatic heterocycles. The van der Waals surface area contributed by atoms with E-state index in [1.807, 2.05) is 26.8 Å². The maximum atomic E-state index is 13.8. The third-order valence-electron chi connectivity index (χ3n) is 9.95. The van der Waals surface area contributed by atoms with Crippen LogP contribution in [0.3, 0.4) is 0 Å². The van der Waals surface area contributed by atoms with E-state index in [1.54, 1.807) is 12.2 Å². The summed E-state index contributed by atoms with van der Waals surface area (Å²) in [4.78, 5) is 51.0. The van der Waals surface area contributed by atoms with Crippen LogP contribution in [-0.2, 0) is 28.7 Å². The van der Waals surface area contributed by atoms with Crippen molar-refractivity contribution in [3.05, 3.63) is 23.8 Å². The van der Waals surface area contributed by atoms with E-state index >= 15 is 0 Å². The van der Waals surface area contributed by atoms with Crippen LogP contribution in [0.2, 0.25) is 0 Å². The fourth-order valence-corrected chi connectivity index (χ4v) is 8.41. The molecular weight excluding hydrogens is 472 g/mol. The average molecular weight is 515 g/mol. The van der Waals surface area contributed by atoms with Gasteiger partial charge in [0.2, 0.25) is 5.78 Å². The average Bonchev–Trinajstić information content (AvgIpc) is 3.11. The molecule has 1 unspecified atom stereocenters. The summed E-state index contributed by atoms with van der Waals surface area (Å²) in [5, 5.41) is 11.7. The van der Waals surface area contributed by atoms with Crippen LogP contribution in [0.25, 0.3) is 0 Å². The Balaban J connectivity index is 1.71. The van der Waals surface area contributed by atoms with Crippen molar-refractivity contribution in [3.8, 4) is 0 Å². The Bertz CT molecular complexity index is 1030. The minimum atomic E-state index is -1.44. The van der Waals surface area contributed by atoms with Crippen molar-refractivity contribution in [3.63, 3.8) is 0 Å². The number of ether oxygens (including phenoxy) is 2. The highest BCUT2D eigenvalue weighted by molar-refractivity contribution is 6.01. The van der Waals surface area contributed by atoms with Crippen molar-refractivity contribution >= 4 is 23.5 Å². The van der Waals surface area contributed by atoms with Crippen LogP contribution in [0.1, 0.15) is 86.0 Å². The number of ketones is 2. The SMILES string of the molecule is CCCC(=O)OCC(=O)[C@@]1(OC(=O)CCC)CC[C@H]2[C@@H]3C[C@H](C)C4=CC(=O)C=C[C@]4(C)[C@H]3C(O)C[C@@]21C. The number of carbonyl (C=O) groups excluding carboxylic acids is 4. The number of aliphatic hydroxyl groups is 1. The summed E-state index contributed by atoms with van der Waals surface area (Å²) >= 11 is 0. The van der Waals surface area contributed by atoms with Crippen molar-refractivity contribution < 1.29 is 33.8 Å². The Morgan fingerprint density at radius 2 is 1.78 bits per heavy atom. The summed E-state index contributed by atoms with van der Waals surface area (Å²) in [6.07, 6.45) is 8.32. The van der Waals surface area contributed by atoms with Crippen LogP contribution in [0.5, 0.6) is 0 Å². The highest BCUT2D eigenvalue weighted by atomic mass is 16.6. The number of allylic oxidation sites excluding steroid dienone is 4. The summed E-state index contributed by atoms with van der Waals surface area (Å²) in [5.41, 5.74) is -1.61. The van der Waals surface area contributed by atoms with E-state index in [0.29, 0.717) is 32.1 Å². The van der Waals surface area contributed by atoms with E-state index in [4.69, 9.17) is 9.47 Å². The maximum absolute atomic E-state index is 13.8. The number of Topliss-reactive ketones (excluding diaryl/α,β-unsaturated/α-hetero) is 1. The van der Waals surface area contributed by atoms with Crippen molar-refractivity contribution in [1.82, 2.24) is 0 Å². The molecule has 3 fully saturated rings. The lowest BCUT2D eigenvalue weighted by molar-refractivity contribution is -0.202. The molecule has 4 aliphatic carbocycles. The summed E-state index contributed by atoms with van der Waals surface area (Å²) in [6.45, 7) is 9.54. The van der Waals surface area contributed by atoms with Crippen molar-refractivity contribution in [2.45, 2.75) is 97.7 Å². The molecule has 0 saturated heterocycles. The molecule has 0 aromatic carbocycles. The van der Waals surface area contributed by atoms with Crippen LogP contribution in [0.15, 0.2) is 23.8 Å². The maximum Gasteiger partial charge on any atom is 0.306 e. The van der Waals surface area contributed by atoms with Gasteiger partial charge in [-0.05, 0) is 68.4 Å². The van der Waals surface area contributed by atoms with Gasteiger partial charge in [-0.25, -0.2) is 0 Å². The molecule has 0 aromatic rings. The van der Waals surface area contributed by atoms with Gasteiger partial charge in [-0.2, -0.15) is 0 Å². The Morgan fingerprint density at radius 3 is 2.46 bits per heavy atom. The summed E-state index contributed by atoms with van der Waals surface area (Å²) in [5.74, 6) is -1.10. The smallest absolute Gasteiger partial charge is 0.306 e. The summed E-state index contributed by atoms with van der Waals surface area (Å²) < 4.78 is 11.4. The van der Waals surface area contributed by atoms with Crippen LogP contribution in [0, 0.1) is 34.5 Å². The number of aliphatic hydroxyl groups excluding tert-OH is 1. The summed E-state index contributed by atoms with van der Waals surface area (Å²) in [6, 6.07) is 0. The van der Waals surface area contributed by atoms with Gasteiger partial charge in [0.05, 0.1) is 6.10 Å². The molecule has 37 heavy (non-hydrogen) atoms. The van der Waals surface area contributed by atoms with Gasteiger partial charge in [0.1, 0.15) is 0 Å². The fraction of sp³-hybridized carbons (Fsp3) is 0.733. The van der Waals surface area contributed by atoms with Gasteiger partial charge in [-0.1, -0.05) is 46.3 Å². The topological polar surface area (TPSA) is 107 Å². The monoisotopic (exact) mass is 514 g/mol. The molecule has 0 bridgehead atoms. The Labute approximate surface area is 220 Å². The summed E-state index contributed by atoms with van der Waals surface area (Å²) in [7, 11) is 0. The highest BCUT2D eigenvalue weighted by Gasteiger charge is 2.70. The lowest BCUT2D eigenvalue weighted by Gasteiger charge is -2.61. The van der Waals surface area contributed by atoms with E-state index in [9.17, 15) is 24.3 Å². The number of carbonyl (C=O) groups is 4. The normalized spacial score (nSPS) is 40.2. The third-order valence-corrected chi connectivity index (χ3v) is 9.95. The Hall–Kier alpha value is -2.28. The number of rotatable bonds is 8. The molecule has 4 aliphatic rings. The number of hydrogen-bond donors (Lipinski definition) is 1. The second-order valence-corrected chi connectivity index (χ2v) is 12.2. The molecule has 4 rings (SSSR count). The zero-order valence-electron chi connectivity index (χ0n) is 22.9. The van der Waals surface area contributed by atoms with Gasteiger partial charge < -0.3 is 14.6 Å². The Morgan fingerprint density at radius 1 is 1.11 bits per heavy atom. The molecule has 3 saturated carbocycles. The van der Waals surface area contributed by atoms with Crippen molar-refractivity contribution in [1.29, 1.82) is 0 Å². The van der Waals surface area contributed by atoms with Gasteiger partial charge in [0, 0.05) is 29.6 Å². The molecule has 0 aromatic heterocycles. The molecule has 204 valence electrons. The first-order valence-electron chi connectivity index (χ1n) is 14.0. The van der Waals surface area contributed by atoms with Crippen LogP contribution >= 0.6 is 0 Å². The molecule has 7 nitrogen and oxygen atoms in total. The predicted octanol–water partition coefficient (Wildman–Crippen LogP) is 4.51. The molecule has 7 heteroatoms. The molecular formula is C30H42O7. The molecule has 0 spiro atoms. The highest BCUT2D eigenvalue weighted by Crippen LogP contribution is 2.68. The van der Waals surface area contributed by atoms with E-state index < -0.39 is 46.9 Å². The minimum Gasteiger partial charge on any atom is -0.457 e. The first kappa shape index (κ1) is 27.7. The first-order valence-corrected chi connectivity index (χ1v) is 14.0. The van der Waals surface area contributed by atoms with Crippen LogP contribution < -0.4 is 0 Å². The van der Waals surface area contributed by atoms with E-state index in [-0.39, 0.29) is 42.3 Å². The van der Waals surface area contributed by atoms with Gasteiger partial charge in [0.25, 0.3) is 0 Å². The first-order chi connectivity index (χ1) is 17.4. The largest absolute Gasteiger partial charge is 0.457 e. The third kappa shape index (κ3) is 4.41. The van der Waals surface area contributed by atoms with Gasteiger partial charge >= 0.3 is 11.9 Å². The molecule has 8 atom stereocenters. The van der Waals surface area contributed by atoms with E-state index in [0.717, 1.165) is 12.0 Å². The van der Waals surface area contributed by atoms with E-state index in [1.165, 1.54) is 0 Å². The number of esters is 2. The van der Waals surface area contributed by atoms with Crippen LogP contribution in [0.4, 0.5) is 0 Å². The standard InChI is InChI=1S/C30H42O7/c1-6-8-25(34)36-17-24(33)30(37-26(35)9-7-2)13-11-21-20-14-18(3)22-15-19(31)10-12-28(22,4)27(20)23(32)16-29(21,30)5/h10,12,15,18,20-21,23,27,32H,6-9,11,13-14,16-17H2,1-5H3/t18-,20-,21-,23?,27+,28-,29-,30-/m0/s1. The number of hydrogen-bond acceptors (Lipinski definition) is 7. The quantitative estimate of drug-likeness (QED) is 0.475. The fourth-order valence-electron chi connectivity index (χ4n) is 8.41. The van der Waals surface area contributed by atoms with Gasteiger partial charge in [0.15, 0.2) is 18.0 Å². The van der Waals surface area contributed by atoms with Crippen molar-refractivity contribution in [2.75, 3.05) is 6.61 Å². The molecule has 1 N–H and O–H groups in total. The molecule has 0 heterocycles. The second kappa shape index (κ2) is 10.1. The van der Waals surface area contributed by atoms with Crippen LogP contribution in [-0.4, -0.2) is 46.9 Å². The molecule has 0 amide bonds. The zero-order valence-corrected chi connectivity index (χ0v) is 22.9. The van der Waals surface area contributed by atoms with Crippen molar-refractivity contribution in [2.24, 2.45) is 34.5 Å². The lowest BCUT2D eigenvalue weighted by Crippen LogP contribution is -2.63. The van der Waals surface area contributed by atoms with E-state index in [2.05, 4.69) is 13.8 Å². The second-order valence-electron chi connectivity index (χ2n) is 12.2. The van der Waals surface area contributed by atoms with Gasteiger partial charge in [-0.3, -0.25) is 19.2 Å².